The zero-order chi connectivity index (χ0) is 29.4. The van der Waals surface area contributed by atoms with Crippen LogP contribution < -0.4 is 9.47 Å². The predicted molar refractivity (Wildman–Crippen MR) is 151 cm³/mol. The van der Waals surface area contributed by atoms with E-state index in [1.54, 1.807) is 19.1 Å². The zero-order valence-corrected chi connectivity index (χ0v) is 23.9. The molecule has 1 aliphatic rings. The molecule has 0 amide bonds. The van der Waals surface area contributed by atoms with Gasteiger partial charge >= 0.3 is 0 Å². The molecule has 0 saturated heterocycles. The van der Waals surface area contributed by atoms with Crippen LogP contribution in [-0.2, 0) is 12.8 Å². The Hall–Kier alpha value is -3.09. The van der Waals surface area contributed by atoms with Crippen LogP contribution in [0.25, 0.3) is 0 Å². The maximum Gasteiger partial charge on any atom is 0.200 e. The van der Waals surface area contributed by atoms with Crippen molar-refractivity contribution >= 4 is 0 Å². The van der Waals surface area contributed by atoms with Crippen LogP contribution >= 0.6 is 0 Å². The SMILES string of the molecule is CCCCCCOc1ccc(CCc2ccc(C3CCC(c4ccc(OCC)c(F)c4F)CC3)cc2F)c(F)c1F. The summed E-state index contributed by atoms with van der Waals surface area (Å²) in [4.78, 5) is 0. The molecule has 3 aromatic carbocycles. The van der Waals surface area contributed by atoms with Crippen LogP contribution in [0.1, 0.15) is 99.3 Å². The van der Waals surface area contributed by atoms with Crippen molar-refractivity contribution in [1.29, 1.82) is 0 Å². The molecule has 222 valence electrons. The Morgan fingerprint density at radius 1 is 0.634 bits per heavy atom. The van der Waals surface area contributed by atoms with E-state index < -0.39 is 23.3 Å². The van der Waals surface area contributed by atoms with Crippen LogP contribution in [0.15, 0.2) is 42.5 Å². The maximum absolute atomic E-state index is 15.0. The average Bonchev–Trinajstić information content (AvgIpc) is 2.98. The second kappa shape index (κ2) is 14.7. The molecule has 2 nitrogen and oxygen atoms in total. The summed E-state index contributed by atoms with van der Waals surface area (Å²) in [6.07, 6.45) is 7.11. The van der Waals surface area contributed by atoms with E-state index in [1.807, 2.05) is 6.07 Å². The van der Waals surface area contributed by atoms with E-state index in [9.17, 15) is 17.6 Å². The minimum Gasteiger partial charge on any atom is -0.491 e. The van der Waals surface area contributed by atoms with E-state index in [2.05, 4.69) is 6.92 Å². The quantitative estimate of drug-likeness (QED) is 0.149. The van der Waals surface area contributed by atoms with Crippen molar-refractivity contribution in [3.8, 4) is 11.5 Å². The number of rotatable bonds is 13. The third-order valence-electron chi connectivity index (χ3n) is 8.14. The van der Waals surface area contributed by atoms with Crippen molar-refractivity contribution in [3.05, 3.63) is 93.8 Å². The Balaban J connectivity index is 1.32. The number of halogens is 5. The highest BCUT2D eigenvalue weighted by atomic mass is 19.2. The summed E-state index contributed by atoms with van der Waals surface area (Å²) >= 11 is 0. The number of unbranched alkanes of at least 4 members (excludes halogenated alkanes) is 3. The smallest absolute Gasteiger partial charge is 0.200 e. The Bertz CT molecular complexity index is 1300. The van der Waals surface area contributed by atoms with Crippen LogP contribution in [-0.4, -0.2) is 13.2 Å². The lowest BCUT2D eigenvalue weighted by Crippen LogP contribution is -2.14. The van der Waals surface area contributed by atoms with Gasteiger partial charge in [-0.2, -0.15) is 8.78 Å². The van der Waals surface area contributed by atoms with E-state index in [0.29, 0.717) is 30.6 Å². The number of aryl methyl sites for hydroxylation is 2. The summed E-state index contributed by atoms with van der Waals surface area (Å²) in [6.45, 7) is 4.41. The third kappa shape index (κ3) is 7.60. The normalized spacial score (nSPS) is 17.0. The summed E-state index contributed by atoms with van der Waals surface area (Å²) in [5, 5.41) is 0. The van der Waals surface area contributed by atoms with Gasteiger partial charge in [0.1, 0.15) is 5.82 Å². The first-order valence-corrected chi connectivity index (χ1v) is 14.8. The van der Waals surface area contributed by atoms with Crippen molar-refractivity contribution in [3.63, 3.8) is 0 Å². The fraction of sp³-hybridized carbons (Fsp3) is 0.471. The largest absolute Gasteiger partial charge is 0.491 e. The lowest BCUT2D eigenvalue weighted by Gasteiger charge is -2.29. The molecule has 41 heavy (non-hydrogen) atoms. The van der Waals surface area contributed by atoms with Gasteiger partial charge in [0.25, 0.3) is 0 Å². The third-order valence-corrected chi connectivity index (χ3v) is 8.14. The topological polar surface area (TPSA) is 18.5 Å². The predicted octanol–water partition coefficient (Wildman–Crippen LogP) is 9.97. The minimum absolute atomic E-state index is 0.0786. The van der Waals surface area contributed by atoms with E-state index in [0.717, 1.165) is 44.1 Å². The van der Waals surface area contributed by atoms with Crippen LogP contribution in [0.5, 0.6) is 11.5 Å². The van der Waals surface area contributed by atoms with Gasteiger partial charge < -0.3 is 9.47 Å². The van der Waals surface area contributed by atoms with Gasteiger partial charge in [-0.15, -0.1) is 0 Å². The Morgan fingerprint density at radius 2 is 1.27 bits per heavy atom. The highest BCUT2D eigenvalue weighted by Crippen LogP contribution is 2.42. The fourth-order valence-electron chi connectivity index (χ4n) is 5.74. The molecule has 0 unspecified atom stereocenters. The van der Waals surface area contributed by atoms with Crippen LogP contribution in [0.3, 0.4) is 0 Å². The van der Waals surface area contributed by atoms with Crippen molar-refractivity contribution in [2.24, 2.45) is 0 Å². The Labute approximate surface area is 239 Å². The lowest BCUT2D eigenvalue weighted by molar-refractivity contribution is 0.284. The molecule has 0 aromatic heterocycles. The Morgan fingerprint density at radius 3 is 1.98 bits per heavy atom. The van der Waals surface area contributed by atoms with Crippen LogP contribution in [0, 0.1) is 29.1 Å². The molecule has 0 N–H and O–H groups in total. The highest BCUT2D eigenvalue weighted by molar-refractivity contribution is 5.35. The second-order valence-electron chi connectivity index (χ2n) is 10.9. The van der Waals surface area contributed by atoms with Gasteiger partial charge in [0.2, 0.25) is 11.6 Å². The Kier molecular flexibility index (Phi) is 11.1. The summed E-state index contributed by atoms with van der Waals surface area (Å²) in [5.74, 6) is -4.29. The molecule has 4 rings (SSSR count). The van der Waals surface area contributed by atoms with Gasteiger partial charge in [-0.3, -0.25) is 0 Å². The highest BCUT2D eigenvalue weighted by Gasteiger charge is 2.28. The number of hydrogen-bond acceptors (Lipinski definition) is 2. The van der Waals surface area contributed by atoms with E-state index >= 15 is 4.39 Å². The van der Waals surface area contributed by atoms with E-state index in [1.165, 1.54) is 24.3 Å². The molecule has 0 aliphatic heterocycles. The van der Waals surface area contributed by atoms with Crippen molar-refractivity contribution < 1.29 is 31.4 Å². The molecule has 0 bridgehead atoms. The second-order valence-corrected chi connectivity index (χ2v) is 10.9. The molecular weight excluding hydrogens is 535 g/mol. The lowest BCUT2D eigenvalue weighted by atomic mass is 9.76. The molecule has 7 heteroatoms. The molecule has 1 aliphatic carbocycles. The summed E-state index contributed by atoms with van der Waals surface area (Å²) < 4.78 is 83.8. The number of benzene rings is 3. The first-order chi connectivity index (χ1) is 19.8. The van der Waals surface area contributed by atoms with Crippen molar-refractivity contribution in [1.82, 2.24) is 0 Å². The molecule has 1 fully saturated rings. The van der Waals surface area contributed by atoms with Gasteiger partial charge in [0.15, 0.2) is 23.1 Å². The van der Waals surface area contributed by atoms with Crippen molar-refractivity contribution in [2.45, 2.75) is 89.9 Å². The standard InChI is InChI=1S/C34H39F5O2/c1-3-5-6-7-20-41-30-18-16-25(31(36)33(30)38)14-12-24-13-15-26(21-28(24)35)22-8-10-23(11-9-22)27-17-19-29(40-4-2)34(39)32(27)37/h13,15-19,21-23H,3-12,14,20H2,1-2H3. The molecule has 0 atom stereocenters. The molecule has 1 saturated carbocycles. The molecular formula is C34H39F5O2. The van der Waals surface area contributed by atoms with Crippen LogP contribution in [0.4, 0.5) is 22.0 Å². The molecule has 3 aromatic rings. The maximum atomic E-state index is 15.0. The van der Waals surface area contributed by atoms with E-state index in [-0.39, 0.29) is 54.2 Å². The number of hydrogen-bond donors (Lipinski definition) is 0. The zero-order valence-electron chi connectivity index (χ0n) is 23.9. The molecule has 0 radical (unpaired) electrons. The van der Waals surface area contributed by atoms with Gasteiger partial charge in [-0.25, -0.2) is 13.2 Å². The first kappa shape index (κ1) is 30.9. The number of ether oxygens (including phenoxy) is 2. The summed E-state index contributed by atoms with van der Waals surface area (Å²) in [6, 6.07) is 11.1. The minimum atomic E-state index is -1.00. The van der Waals surface area contributed by atoms with Gasteiger partial charge in [0.05, 0.1) is 13.2 Å². The van der Waals surface area contributed by atoms with Gasteiger partial charge in [-0.1, -0.05) is 50.5 Å². The van der Waals surface area contributed by atoms with Gasteiger partial charge in [-0.05, 0) is 104 Å². The average molecular weight is 575 g/mol. The van der Waals surface area contributed by atoms with Crippen molar-refractivity contribution in [2.75, 3.05) is 13.2 Å². The monoisotopic (exact) mass is 574 g/mol. The first-order valence-electron chi connectivity index (χ1n) is 14.8. The fourth-order valence-corrected chi connectivity index (χ4v) is 5.74. The van der Waals surface area contributed by atoms with Gasteiger partial charge in [0, 0.05) is 0 Å². The summed E-state index contributed by atoms with van der Waals surface area (Å²) in [5.41, 5.74) is 1.84. The van der Waals surface area contributed by atoms with E-state index in [4.69, 9.17) is 9.47 Å². The molecule has 0 heterocycles. The van der Waals surface area contributed by atoms with Crippen LogP contribution in [0.2, 0.25) is 0 Å². The molecule has 0 spiro atoms. The summed E-state index contributed by atoms with van der Waals surface area (Å²) in [7, 11) is 0.